The number of rotatable bonds is 8. The van der Waals surface area contributed by atoms with E-state index < -0.39 is 0 Å². The first kappa shape index (κ1) is 15.3. The van der Waals surface area contributed by atoms with Crippen molar-refractivity contribution in [3.05, 3.63) is 0 Å². The Kier molecular flexibility index (Phi) is 5.93. The molecular weight excluding hydrogens is 228 g/mol. The highest BCUT2D eigenvalue weighted by atomic mass is 16.3. The van der Waals surface area contributed by atoms with Gasteiger partial charge in [0.2, 0.25) is 0 Å². The maximum atomic E-state index is 11.7. The predicted molar refractivity (Wildman–Crippen MR) is 73.4 cm³/mol. The second-order valence-electron chi connectivity index (χ2n) is 6.09. The molecule has 1 fully saturated rings. The summed E-state index contributed by atoms with van der Waals surface area (Å²) < 4.78 is 0. The molecule has 4 heteroatoms. The number of urea groups is 1. The van der Waals surface area contributed by atoms with Crippen molar-refractivity contribution in [2.45, 2.75) is 58.9 Å². The van der Waals surface area contributed by atoms with E-state index in [-0.39, 0.29) is 18.7 Å². The van der Waals surface area contributed by atoms with Gasteiger partial charge in [0.25, 0.3) is 0 Å². The summed E-state index contributed by atoms with van der Waals surface area (Å²) in [5, 5.41) is 15.0. The number of carbonyl (C=O) groups excluding carboxylic acids is 1. The second-order valence-corrected chi connectivity index (χ2v) is 6.09. The summed E-state index contributed by atoms with van der Waals surface area (Å²) in [7, 11) is 0. The van der Waals surface area contributed by atoms with Crippen molar-refractivity contribution in [2.24, 2.45) is 11.3 Å². The first-order chi connectivity index (χ1) is 8.51. The van der Waals surface area contributed by atoms with Crippen molar-refractivity contribution in [1.82, 2.24) is 10.6 Å². The minimum absolute atomic E-state index is 0.00566. The first-order valence-electron chi connectivity index (χ1n) is 7.16. The topological polar surface area (TPSA) is 61.4 Å². The van der Waals surface area contributed by atoms with E-state index in [1.807, 2.05) is 0 Å². The van der Waals surface area contributed by atoms with Crippen molar-refractivity contribution in [2.75, 3.05) is 13.2 Å². The maximum absolute atomic E-state index is 11.7. The van der Waals surface area contributed by atoms with Crippen LogP contribution in [-0.4, -0.2) is 30.3 Å². The Labute approximate surface area is 111 Å². The van der Waals surface area contributed by atoms with Gasteiger partial charge < -0.3 is 15.7 Å². The van der Waals surface area contributed by atoms with Crippen LogP contribution in [-0.2, 0) is 0 Å². The fourth-order valence-corrected chi connectivity index (χ4v) is 2.47. The average molecular weight is 256 g/mol. The summed E-state index contributed by atoms with van der Waals surface area (Å²) in [6.45, 7) is 7.13. The molecule has 1 aliphatic rings. The summed E-state index contributed by atoms with van der Waals surface area (Å²) >= 11 is 0. The third-order valence-electron chi connectivity index (χ3n) is 3.67. The van der Waals surface area contributed by atoms with Crippen LogP contribution in [0.15, 0.2) is 0 Å². The molecule has 0 bridgehead atoms. The lowest BCUT2D eigenvalue weighted by molar-refractivity contribution is 0.205. The van der Waals surface area contributed by atoms with E-state index in [4.69, 9.17) is 0 Å². The number of aliphatic hydroxyl groups excluding tert-OH is 1. The highest BCUT2D eigenvalue weighted by Gasteiger charge is 2.41. The molecule has 0 aromatic rings. The lowest BCUT2D eigenvalue weighted by Gasteiger charge is -2.20. The van der Waals surface area contributed by atoms with Crippen LogP contribution in [0.1, 0.15) is 52.9 Å². The van der Waals surface area contributed by atoms with Gasteiger partial charge in [-0.1, -0.05) is 27.2 Å². The smallest absolute Gasteiger partial charge is 0.315 e. The van der Waals surface area contributed by atoms with Crippen molar-refractivity contribution in [1.29, 1.82) is 0 Å². The molecule has 106 valence electrons. The quantitative estimate of drug-likeness (QED) is 0.624. The van der Waals surface area contributed by atoms with E-state index in [1.165, 1.54) is 25.7 Å². The Bertz CT molecular complexity index is 263. The Morgan fingerprint density at radius 3 is 2.50 bits per heavy atom. The van der Waals surface area contributed by atoms with Crippen LogP contribution in [0.2, 0.25) is 0 Å². The Morgan fingerprint density at radius 2 is 2.06 bits per heavy atom. The van der Waals surface area contributed by atoms with Gasteiger partial charge in [-0.3, -0.25) is 0 Å². The zero-order chi connectivity index (χ0) is 13.6. The normalized spacial score (nSPS) is 18.5. The first-order valence-corrected chi connectivity index (χ1v) is 7.16. The van der Waals surface area contributed by atoms with Crippen LogP contribution in [0.25, 0.3) is 0 Å². The summed E-state index contributed by atoms with van der Waals surface area (Å²) in [6, 6.07) is -0.275. The van der Waals surface area contributed by atoms with Crippen LogP contribution < -0.4 is 10.6 Å². The maximum Gasteiger partial charge on any atom is 0.315 e. The van der Waals surface area contributed by atoms with Crippen LogP contribution in [0, 0.1) is 11.3 Å². The monoisotopic (exact) mass is 256 g/mol. The molecule has 1 atom stereocenters. The lowest BCUT2D eigenvalue weighted by atomic mass is 10.0. The van der Waals surface area contributed by atoms with Crippen LogP contribution in [0.5, 0.6) is 0 Å². The van der Waals surface area contributed by atoms with Gasteiger partial charge in [-0.15, -0.1) is 0 Å². The Balaban J connectivity index is 2.24. The van der Waals surface area contributed by atoms with Gasteiger partial charge in [-0.05, 0) is 37.0 Å². The van der Waals surface area contributed by atoms with Crippen LogP contribution in [0.4, 0.5) is 4.79 Å². The zero-order valence-electron chi connectivity index (χ0n) is 12.0. The molecule has 0 aromatic heterocycles. The molecule has 2 amide bonds. The van der Waals surface area contributed by atoms with Crippen LogP contribution >= 0.6 is 0 Å². The summed E-state index contributed by atoms with van der Waals surface area (Å²) in [6.07, 6.45) is 5.65. The minimum atomic E-state index is -0.142. The van der Waals surface area contributed by atoms with E-state index in [9.17, 15) is 9.90 Å². The fraction of sp³-hybridized carbons (Fsp3) is 0.929. The van der Waals surface area contributed by atoms with Gasteiger partial charge >= 0.3 is 6.03 Å². The van der Waals surface area contributed by atoms with E-state index in [2.05, 4.69) is 31.4 Å². The highest BCUT2D eigenvalue weighted by molar-refractivity contribution is 5.74. The number of aliphatic hydroxyl groups is 1. The number of carbonyl (C=O) groups is 1. The molecular formula is C14H28N2O2. The summed E-state index contributed by atoms with van der Waals surface area (Å²) in [4.78, 5) is 11.7. The molecule has 0 radical (unpaired) electrons. The number of hydrogen-bond donors (Lipinski definition) is 3. The van der Waals surface area contributed by atoms with Crippen LogP contribution in [0.3, 0.4) is 0 Å². The Hall–Kier alpha value is -0.770. The van der Waals surface area contributed by atoms with Crippen molar-refractivity contribution in [3.63, 3.8) is 0 Å². The third-order valence-corrected chi connectivity index (χ3v) is 3.67. The van der Waals surface area contributed by atoms with Crippen molar-refractivity contribution in [3.8, 4) is 0 Å². The van der Waals surface area contributed by atoms with Crippen molar-refractivity contribution >= 4 is 6.03 Å². The van der Waals surface area contributed by atoms with Gasteiger partial charge in [-0.2, -0.15) is 0 Å². The summed E-state index contributed by atoms with van der Waals surface area (Å²) in [5.74, 6) is 0.470. The van der Waals surface area contributed by atoms with Gasteiger partial charge in [0.15, 0.2) is 0 Å². The third kappa shape index (κ3) is 5.25. The highest BCUT2D eigenvalue weighted by Crippen LogP contribution is 2.48. The molecule has 0 aromatic carbocycles. The standard InChI is InChI=1S/C14H28N2O2/c1-4-5-14(6-7-14)10-15-13(18)16-12(9-17)8-11(2)3/h11-12,17H,4-10H2,1-3H3,(H2,15,16,18). The summed E-state index contributed by atoms with van der Waals surface area (Å²) in [5.41, 5.74) is 0.374. The predicted octanol–water partition coefficient (Wildman–Crippen LogP) is 2.27. The van der Waals surface area contributed by atoms with Crippen molar-refractivity contribution < 1.29 is 9.90 Å². The molecule has 0 spiro atoms. The molecule has 3 N–H and O–H groups in total. The van der Waals surface area contributed by atoms with Gasteiger partial charge in [0.05, 0.1) is 12.6 Å². The van der Waals surface area contributed by atoms with E-state index in [0.29, 0.717) is 11.3 Å². The average Bonchev–Trinajstić information content (AvgIpc) is 3.06. The zero-order valence-corrected chi connectivity index (χ0v) is 12.0. The molecule has 18 heavy (non-hydrogen) atoms. The lowest BCUT2D eigenvalue weighted by Crippen LogP contribution is -2.45. The van der Waals surface area contributed by atoms with Gasteiger partial charge in [0, 0.05) is 6.54 Å². The van der Waals surface area contributed by atoms with Gasteiger partial charge in [-0.25, -0.2) is 4.79 Å². The fourth-order valence-electron chi connectivity index (χ4n) is 2.47. The molecule has 1 saturated carbocycles. The second kappa shape index (κ2) is 6.98. The number of hydrogen-bond acceptors (Lipinski definition) is 2. The van der Waals surface area contributed by atoms with E-state index >= 15 is 0 Å². The van der Waals surface area contributed by atoms with E-state index in [1.54, 1.807) is 0 Å². The molecule has 1 rings (SSSR count). The number of amides is 2. The molecule has 0 saturated heterocycles. The molecule has 1 aliphatic carbocycles. The van der Waals surface area contributed by atoms with E-state index in [0.717, 1.165) is 13.0 Å². The molecule has 1 unspecified atom stereocenters. The Morgan fingerprint density at radius 1 is 1.39 bits per heavy atom. The molecule has 0 aliphatic heterocycles. The molecule has 4 nitrogen and oxygen atoms in total. The number of nitrogens with one attached hydrogen (secondary N) is 2. The molecule has 0 heterocycles. The SMILES string of the molecule is CCCC1(CNC(=O)NC(CO)CC(C)C)CC1. The largest absolute Gasteiger partial charge is 0.394 e. The minimum Gasteiger partial charge on any atom is -0.394 e. The van der Waals surface area contributed by atoms with Gasteiger partial charge in [0.1, 0.15) is 0 Å².